The van der Waals surface area contributed by atoms with E-state index in [9.17, 15) is 4.39 Å². The Morgan fingerprint density at radius 3 is 2.73 bits per heavy atom. The number of halogens is 1. The number of nitrogens with two attached hydrogens (primary N) is 2. The van der Waals surface area contributed by atoms with Gasteiger partial charge in [0.1, 0.15) is 11.6 Å². The van der Waals surface area contributed by atoms with Gasteiger partial charge in [-0.25, -0.2) is 4.39 Å². The highest BCUT2D eigenvalue weighted by Crippen LogP contribution is 2.36. The van der Waals surface area contributed by atoms with Crippen LogP contribution in [-0.2, 0) is 5.54 Å². The van der Waals surface area contributed by atoms with Crippen molar-refractivity contribution in [3.63, 3.8) is 0 Å². The van der Waals surface area contributed by atoms with Crippen molar-refractivity contribution in [1.82, 2.24) is 4.98 Å². The number of nitrogens with zero attached hydrogens (tertiary/aromatic N) is 1. The molecule has 1 aromatic heterocycles. The molecule has 3 rings (SSSR count). The predicted octanol–water partition coefficient (Wildman–Crippen LogP) is 2.56. The quantitative estimate of drug-likeness (QED) is 0.913. The van der Waals surface area contributed by atoms with Crippen LogP contribution in [0.2, 0.25) is 0 Å². The van der Waals surface area contributed by atoms with Crippen molar-refractivity contribution in [2.45, 2.75) is 30.8 Å². The second-order valence-corrected chi connectivity index (χ2v) is 5.91. The molecule has 0 spiro atoms. The third-order valence-electron chi connectivity index (χ3n) is 4.35. The number of hydrogen-bond donors (Lipinski definition) is 2. The summed E-state index contributed by atoms with van der Waals surface area (Å²) in [4.78, 5) is 4.46. The standard InChI is InChI=1S/C17H20FN3O/c1-22-14-4-2-3-13(18)16(14)11-5-6-15(21-10-11)17(20)8-7-12(19)9-17/h2-6,10,12H,7-9,19-20H2,1H3. The van der Waals surface area contributed by atoms with Gasteiger partial charge in [-0.1, -0.05) is 12.1 Å². The van der Waals surface area contributed by atoms with E-state index in [1.807, 2.05) is 12.1 Å². The predicted molar refractivity (Wildman–Crippen MR) is 83.9 cm³/mol. The fraction of sp³-hybridized carbons (Fsp3) is 0.353. The molecule has 1 saturated carbocycles. The first kappa shape index (κ1) is 14.9. The van der Waals surface area contributed by atoms with Gasteiger partial charge in [0, 0.05) is 17.8 Å². The molecule has 0 aliphatic heterocycles. The Labute approximate surface area is 129 Å². The topological polar surface area (TPSA) is 74.2 Å². The minimum Gasteiger partial charge on any atom is -0.496 e. The number of ether oxygens (including phenoxy) is 1. The lowest BCUT2D eigenvalue weighted by molar-refractivity contribution is 0.413. The van der Waals surface area contributed by atoms with Gasteiger partial charge in [0.2, 0.25) is 0 Å². The molecule has 5 heteroatoms. The van der Waals surface area contributed by atoms with E-state index < -0.39 is 5.54 Å². The first-order valence-electron chi connectivity index (χ1n) is 7.37. The molecule has 1 aliphatic carbocycles. The molecule has 1 aliphatic rings. The Morgan fingerprint density at radius 2 is 2.14 bits per heavy atom. The summed E-state index contributed by atoms with van der Waals surface area (Å²) in [7, 11) is 1.52. The van der Waals surface area contributed by atoms with Gasteiger partial charge in [-0.3, -0.25) is 4.98 Å². The molecule has 22 heavy (non-hydrogen) atoms. The van der Waals surface area contributed by atoms with Crippen molar-refractivity contribution < 1.29 is 9.13 Å². The normalized spacial score (nSPS) is 24.5. The third-order valence-corrected chi connectivity index (χ3v) is 4.35. The highest BCUT2D eigenvalue weighted by Gasteiger charge is 2.36. The van der Waals surface area contributed by atoms with Gasteiger partial charge in [0.15, 0.2) is 0 Å². The highest BCUT2D eigenvalue weighted by molar-refractivity contribution is 5.70. The van der Waals surface area contributed by atoms with Crippen LogP contribution in [0, 0.1) is 5.82 Å². The number of methoxy groups -OCH3 is 1. The first-order valence-corrected chi connectivity index (χ1v) is 7.37. The maximum atomic E-state index is 14.1. The third kappa shape index (κ3) is 2.58. The lowest BCUT2D eigenvalue weighted by atomic mass is 9.93. The molecule has 1 fully saturated rings. The van der Waals surface area contributed by atoms with Crippen LogP contribution in [0.1, 0.15) is 25.0 Å². The van der Waals surface area contributed by atoms with E-state index in [0.717, 1.165) is 25.0 Å². The van der Waals surface area contributed by atoms with E-state index in [-0.39, 0.29) is 11.9 Å². The Morgan fingerprint density at radius 1 is 1.32 bits per heavy atom. The molecular formula is C17H20FN3O. The van der Waals surface area contributed by atoms with Crippen LogP contribution < -0.4 is 16.2 Å². The molecule has 2 aromatic rings. The Hall–Kier alpha value is -1.98. The van der Waals surface area contributed by atoms with Crippen molar-refractivity contribution in [1.29, 1.82) is 0 Å². The van der Waals surface area contributed by atoms with Crippen molar-refractivity contribution in [3.8, 4) is 16.9 Å². The summed E-state index contributed by atoms with van der Waals surface area (Å²) in [6.07, 6.45) is 4.10. The summed E-state index contributed by atoms with van der Waals surface area (Å²) in [5.41, 5.74) is 13.8. The fourth-order valence-electron chi connectivity index (χ4n) is 3.14. The molecule has 0 radical (unpaired) electrons. The van der Waals surface area contributed by atoms with E-state index in [1.54, 1.807) is 18.3 Å². The Bertz CT molecular complexity index is 674. The Kier molecular flexibility index (Phi) is 3.85. The molecule has 4 N–H and O–H groups in total. The zero-order valence-electron chi connectivity index (χ0n) is 12.6. The van der Waals surface area contributed by atoms with E-state index in [1.165, 1.54) is 13.2 Å². The molecule has 0 saturated heterocycles. The van der Waals surface area contributed by atoms with Crippen LogP contribution in [0.5, 0.6) is 5.75 Å². The van der Waals surface area contributed by atoms with E-state index in [2.05, 4.69) is 4.98 Å². The lowest BCUT2D eigenvalue weighted by Crippen LogP contribution is -2.36. The van der Waals surface area contributed by atoms with Gasteiger partial charge >= 0.3 is 0 Å². The van der Waals surface area contributed by atoms with Crippen LogP contribution in [0.3, 0.4) is 0 Å². The first-order chi connectivity index (χ1) is 10.5. The Balaban J connectivity index is 1.96. The fourth-order valence-corrected chi connectivity index (χ4v) is 3.14. The molecule has 4 nitrogen and oxygen atoms in total. The molecule has 2 unspecified atom stereocenters. The van der Waals surface area contributed by atoms with E-state index in [4.69, 9.17) is 16.2 Å². The number of benzene rings is 1. The van der Waals surface area contributed by atoms with Gasteiger partial charge in [-0.2, -0.15) is 0 Å². The largest absolute Gasteiger partial charge is 0.496 e. The smallest absolute Gasteiger partial charge is 0.134 e. The van der Waals surface area contributed by atoms with Gasteiger partial charge < -0.3 is 16.2 Å². The second kappa shape index (κ2) is 5.66. The van der Waals surface area contributed by atoms with E-state index in [0.29, 0.717) is 16.9 Å². The molecule has 116 valence electrons. The van der Waals surface area contributed by atoms with Crippen molar-refractivity contribution in [2.75, 3.05) is 7.11 Å². The number of hydrogen-bond acceptors (Lipinski definition) is 4. The molecule has 1 heterocycles. The maximum absolute atomic E-state index is 14.1. The van der Waals surface area contributed by atoms with Gasteiger partial charge in [-0.15, -0.1) is 0 Å². The molecule has 0 bridgehead atoms. The number of pyridine rings is 1. The van der Waals surface area contributed by atoms with Crippen LogP contribution in [0.15, 0.2) is 36.5 Å². The second-order valence-electron chi connectivity index (χ2n) is 5.91. The summed E-state index contributed by atoms with van der Waals surface area (Å²) in [5, 5.41) is 0. The average molecular weight is 301 g/mol. The summed E-state index contributed by atoms with van der Waals surface area (Å²) < 4.78 is 19.3. The summed E-state index contributed by atoms with van der Waals surface area (Å²) in [6, 6.07) is 8.58. The molecule has 1 aromatic carbocycles. The van der Waals surface area contributed by atoms with Gasteiger partial charge in [-0.05, 0) is 37.5 Å². The van der Waals surface area contributed by atoms with Crippen molar-refractivity contribution in [3.05, 3.63) is 48.0 Å². The lowest BCUT2D eigenvalue weighted by Gasteiger charge is -2.23. The minimum absolute atomic E-state index is 0.123. The number of rotatable bonds is 3. The zero-order valence-corrected chi connectivity index (χ0v) is 12.6. The summed E-state index contributed by atoms with van der Waals surface area (Å²) in [5.74, 6) is 0.152. The van der Waals surface area contributed by atoms with Crippen molar-refractivity contribution >= 4 is 0 Å². The zero-order chi connectivity index (χ0) is 15.7. The van der Waals surface area contributed by atoms with Gasteiger partial charge in [0.25, 0.3) is 0 Å². The molecule has 0 amide bonds. The van der Waals surface area contributed by atoms with Crippen LogP contribution >= 0.6 is 0 Å². The molecular weight excluding hydrogens is 281 g/mol. The summed E-state index contributed by atoms with van der Waals surface area (Å²) in [6.45, 7) is 0. The maximum Gasteiger partial charge on any atom is 0.134 e. The summed E-state index contributed by atoms with van der Waals surface area (Å²) >= 11 is 0. The average Bonchev–Trinajstić information content (AvgIpc) is 2.88. The molecule has 2 atom stereocenters. The van der Waals surface area contributed by atoms with Gasteiger partial charge in [0.05, 0.1) is 23.9 Å². The van der Waals surface area contributed by atoms with Crippen LogP contribution in [-0.4, -0.2) is 18.1 Å². The van der Waals surface area contributed by atoms with Crippen molar-refractivity contribution in [2.24, 2.45) is 11.5 Å². The SMILES string of the molecule is COc1cccc(F)c1-c1ccc(C2(N)CCC(N)C2)nc1. The monoisotopic (exact) mass is 301 g/mol. The minimum atomic E-state index is -0.475. The van der Waals surface area contributed by atoms with E-state index >= 15 is 0 Å². The van der Waals surface area contributed by atoms with Crippen LogP contribution in [0.4, 0.5) is 4.39 Å². The number of aromatic nitrogens is 1. The van der Waals surface area contributed by atoms with Crippen LogP contribution in [0.25, 0.3) is 11.1 Å². The highest BCUT2D eigenvalue weighted by atomic mass is 19.1.